The Kier molecular flexibility index (Phi) is 27.2. The number of aromatic hydroxyl groups is 1. The minimum Gasteiger partial charge on any atom is -0.537 e. The Morgan fingerprint density at radius 2 is 1.02 bits per heavy atom. The van der Waals surface area contributed by atoms with E-state index in [1.165, 1.54) is 46.0 Å². The van der Waals surface area contributed by atoms with Gasteiger partial charge in [-0.05, 0) is 181 Å². The van der Waals surface area contributed by atoms with Gasteiger partial charge in [0.2, 0.25) is 0 Å². The van der Waals surface area contributed by atoms with Gasteiger partial charge in [0.25, 0.3) is 0 Å². The minimum atomic E-state index is -3.27. The Morgan fingerprint density at radius 1 is 0.633 bits per heavy atom. The molecular weight excluding hydrogens is 1050 g/mol. The predicted molar refractivity (Wildman–Crippen MR) is 258 cm³/mol. The topological polar surface area (TPSA) is 118 Å². The summed E-state index contributed by atoms with van der Waals surface area (Å²) in [6.45, 7) is 12.5. The second-order valence-corrected chi connectivity index (χ2v) is 20.6. The van der Waals surface area contributed by atoms with Crippen LogP contribution in [0.25, 0.3) is 11.3 Å². The van der Waals surface area contributed by atoms with Crippen LogP contribution in [0.5, 0.6) is 11.5 Å². The number of alkyl halides is 3. The fraction of sp³-hybridized carbons (Fsp3) is 0.273. The summed E-state index contributed by atoms with van der Waals surface area (Å²) in [5.74, 6) is 0.852. The van der Waals surface area contributed by atoms with Crippen molar-refractivity contribution < 1.29 is 28.1 Å². The minimum absolute atomic E-state index is 0.188. The third-order valence-electron chi connectivity index (χ3n) is 7.42. The number of benzene rings is 2. The van der Waals surface area contributed by atoms with Crippen molar-refractivity contribution in [3.05, 3.63) is 163 Å². The highest BCUT2D eigenvalue weighted by atomic mass is 79.9. The quantitative estimate of drug-likeness (QED) is 0.0670. The SMILES string of the molecule is CCCc1ccc(-c2ccc(C)cn2)cc1.CCCc1ccc(O[B]O)cc1.CP(C)(=O)C(F)(F)Br.Cc1ccc(Br)nc1.Cc1ccc(Br)nc1.Oc1ccc(Br)nc1. The molecule has 321 valence electrons. The summed E-state index contributed by atoms with van der Waals surface area (Å²) in [7, 11) is -2.58. The molecule has 6 rings (SSSR count). The third kappa shape index (κ3) is 25.4. The fourth-order valence-corrected chi connectivity index (χ4v) is 4.82. The van der Waals surface area contributed by atoms with E-state index in [1.807, 2.05) is 96.9 Å². The number of aryl methyl sites for hydroxylation is 5. The molecule has 0 saturated heterocycles. The van der Waals surface area contributed by atoms with Gasteiger partial charge < -0.3 is 19.3 Å². The van der Waals surface area contributed by atoms with Crippen LogP contribution in [0.15, 0.2) is 136 Å². The van der Waals surface area contributed by atoms with Crippen molar-refractivity contribution in [2.75, 3.05) is 13.3 Å². The van der Waals surface area contributed by atoms with E-state index in [0.29, 0.717) is 13.4 Å². The van der Waals surface area contributed by atoms with E-state index >= 15 is 0 Å². The summed E-state index contributed by atoms with van der Waals surface area (Å²) in [6.07, 6.45) is 11.5. The number of pyridine rings is 4. The fourth-order valence-electron chi connectivity index (χ4n) is 4.12. The molecule has 0 bridgehead atoms. The molecule has 6 aromatic rings. The summed E-state index contributed by atoms with van der Waals surface area (Å²) in [6, 6.07) is 31.7. The summed E-state index contributed by atoms with van der Waals surface area (Å²) in [5.41, 5.74) is 8.52. The first-order valence-corrected chi connectivity index (χ1v) is 24.4. The first kappa shape index (κ1) is 54.7. The average molecular weight is 1100 g/mol. The molecule has 16 heteroatoms. The van der Waals surface area contributed by atoms with Gasteiger partial charge in [-0.25, -0.2) is 15.0 Å². The summed E-state index contributed by atoms with van der Waals surface area (Å²) >= 11 is 11.6. The molecule has 1 radical (unpaired) electrons. The lowest BCUT2D eigenvalue weighted by Crippen LogP contribution is -2.02. The van der Waals surface area contributed by atoms with E-state index in [9.17, 15) is 13.3 Å². The molecular formula is C44H51BBr4F2N4O4P. The van der Waals surface area contributed by atoms with Crippen LogP contribution in [0, 0.1) is 20.8 Å². The number of rotatable bonds is 8. The van der Waals surface area contributed by atoms with Gasteiger partial charge in [0.15, 0.2) is 7.14 Å². The van der Waals surface area contributed by atoms with Crippen LogP contribution in [0.4, 0.5) is 8.78 Å². The highest BCUT2D eigenvalue weighted by Crippen LogP contribution is 2.57. The summed E-state index contributed by atoms with van der Waals surface area (Å²) in [4.78, 5) is 16.2. The van der Waals surface area contributed by atoms with E-state index in [2.05, 4.69) is 125 Å². The lowest BCUT2D eigenvalue weighted by molar-refractivity contribution is 0.204. The molecule has 0 aliphatic heterocycles. The molecule has 4 aromatic heterocycles. The van der Waals surface area contributed by atoms with Gasteiger partial charge in [-0.3, -0.25) is 4.98 Å². The van der Waals surface area contributed by atoms with Crippen molar-refractivity contribution in [3.8, 4) is 22.8 Å². The lowest BCUT2D eigenvalue weighted by atomic mass is 10.1. The molecule has 0 fully saturated rings. The molecule has 0 spiro atoms. The highest BCUT2D eigenvalue weighted by molar-refractivity contribution is 9.11. The Hall–Kier alpha value is -3.33. The zero-order valence-electron chi connectivity index (χ0n) is 34.7. The van der Waals surface area contributed by atoms with Crippen molar-refractivity contribution >= 4 is 78.5 Å². The Labute approximate surface area is 388 Å². The molecule has 0 unspecified atom stereocenters. The largest absolute Gasteiger partial charge is 0.569 e. The van der Waals surface area contributed by atoms with Crippen molar-refractivity contribution in [2.24, 2.45) is 0 Å². The van der Waals surface area contributed by atoms with Gasteiger partial charge in [0.1, 0.15) is 19.6 Å². The smallest absolute Gasteiger partial charge is 0.537 e. The Bertz CT molecular complexity index is 1890. The molecule has 0 saturated carbocycles. The first-order chi connectivity index (χ1) is 28.3. The highest BCUT2D eigenvalue weighted by Gasteiger charge is 2.39. The maximum atomic E-state index is 11.9. The molecule has 60 heavy (non-hydrogen) atoms. The zero-order chi connectivity index (χ0) is 45.1. The van der Waals surface area contributed by atoms with E-state index in [4.69, 9.17) is 14.8 Å². The van der Waals surface area contributed by atoms with Crippen molar-refractivity contribution in [1.29, 1.82) is 0 Å². The second-order valence-electron chi connectivity index (χ2n) is 13.3. The molecule has 0 aliphatic rings. The van der Waals surface area contributed by atoms with Gasteiger partial charge >= 0.3 is 12.3 Å². The van der Waals surface area contributed by atoms with Gasteiger partial charge in [-0.2, -0.15) is 8.78 Å². The third-order valence-corrected chi connectivity index (χ3v) is 12.6. The van der Waals surface area contributed by atoms with Gasteiger partial charge in [0, 0.05) is 24.2 Å². The van der Waals surface area contributed by atoms with Crippen LogP contribution in [-0.4, -0.2) is 55.7 Å². The van der Waals surface area contributed by atoms with Crippen LogP contribution in [0.1, 0.15) is 54.5 Å². The van der Waals surface area contributed by atoms with Gasteiger partial charge in [-0.1, -0.05) is 81.3 Å². The Morgan fingerprint density at radius 3 is 1.30 bits per heavy atom. The number of hydrogen-bond donors (Lipinski definition) is 2. The maximum Gasteiger partial charge on any atom is 0.569 e. The van der Waals surface area contributed by atoms with Crippen LogP contribution in [0.2, 0.25) is 0 Å². The Balaban J connectivity index is 0.000000370. The predicted octanol–water partition coefficient (Wildman–Crippen LogP) is 14.0. The maximum absolute atomic E-state index is 11.9. The lowest BCUT2D eigenvalue weighted by Gasteiger charge is -2.11. The molecule has 8 nitrogen and oxygen atoms in total. The monoisotopic (exact) mass is 1100 g/mol. The van der Waals surface area contributed by atoms with Crippen LogP contribution >= 0.6 is 70.9 Å². The standard InChI is InChI=1S/C15H17N.C9H12BO2.2C6H6BrN.C5H4BrNO.C3H6BrF2OP/c1-3-4-13-6-8-14(9-7-13)15-10-5-12(2)11-16-15;1-2-3-8-4-6-9(7-5-8)12-10-11;2*1-5-2-3-6(7)8-4-5;6-5-2-1-4(8)3-7-5;1-8(2,7)3(4,5)6/h5-11H,3-4H2,1-2H3;4-7,11H,2-3H2,1H3;2*2-4H,1H3;1-3,8H;1-2H3. The number of nitrogens with zero attached hydrogens (tertiary/aromatic N) is 4. The van der Waals surface area contributed by atoms with Crippen LogP contribution in [-0.2, 0) is 17.4 Å². The van der Waals surface area contributed by atoms with Crippen molar-refractivity contribution in [3.63, 3.8) is 0 Å². The second kappa shape index (κ2) is 29.8. The zero-order valence-corrected chi connectivity index (χ0v) is 41.9. The van der Waals surface area contributed by atoms with E-state index in [-0.39, 0.29) is 5.75 Å². The molecule has 0 atom stereocenters. The normalized spacial score (nSPS) is 10.2. The van der Waals surface area contributed by atoms with Gasteiger partial charge in [-0.15, -0.1) is 0 Å². The van der Waals surface area contributed by atoms with Gasteiger partial charge in [0.05, 0.1) is 17.6 Å². The molecule has 4 heterocycles. The summed E-state index contributed by atoms with van der Waals surface area (Å²) in [5, 5.41) is 17.0. The number of halogens is 6. The first-order valence-electron chi connectivity index (χ1n) is 18.6. The van der Waals surface area contributed by atoms with E-state index in [1.54, 1.807) is 12.1 Å². The molecule has 0 aliphatic carbocycles. The molecule has 2 aromatic carbocycles. The number of hydrogen-bond acceptors (Lipinski definition) is 8. The van der Waals surface area contributed by atoms with Crippen LogP contribution < -0.4 is 4.65 Å². The van der Waals surface area contributed by atoms with Crippen molar-refractivity contribution in [2.45, 2.75) is 64.9 Å². The average Bonchev–Trinajstić information content (AvgIpc) is 3.21. The molecule has 0 amide bonds. The number of aromatic nitrogens is 4. The van der Waals surface area contributed by atoms with Crippen molar-refractivity contribution in [1.82, 2.24) is 19.9 Å². The van der Waals surface area contributed by atoms with Crippen LogP contribution in [0.3, 0.4) is 0 Å². The summed E-state index contributed by atoms with van der Waals surface area (Å²) < 4.78 is 38.3. The van der Waals surface area contributed by atoms with E-state index < -0.39 is 11.7 Å². The van der Waals surface area contributed by atoms with E-state index in [0.717, 1.165) is 52.1 Å². The molecule has 2 N–H and O–H groups in total.